The van der Waals surface area contributed by atoms with Crippen LogP contribution in [-0.4, -0.2) is 6.21 Å². The molecule has 0 atom stereocenters. The largest absolute Gasteiger partial charge is 0.279 e. The molecule has 0 aliphatic carbocycles. The van der Waals surface area contributed by atoms with Gasteiger partial charge in [0.2, 0.25) is 0 Å². The van der Waals surface area contributed by atoms with E-state index in [1.54, 1.807) is 18.3 Å². The van der Waals surface area contributed by atoms with Crippen molar-refractivity contribution in [3.8, 4) is 0 Å². The van der Waals surface area contributed by atoms with Gasteiger partial charge in [-0.15, -0.1) is 0 Å². The van der Waals surface area contributed by atoms with Crippen molar-refractivity contribution in [2.45, 2.75) is 0 Å². The first-order chi connectivity index (χ1) is 8.68. The van der Waals surface area contributed by atoms with E-state index < -0.39 is 0 Å². The first-order valence-corrected chi connectivity index (χ1v) is 6.29. The van der Waals surface area contributed by atoms with Gasteiger partial charge in [0.1, 0.15) is 0 Å². The molecule has 2 aromatic rings. The number of anilines is 1. The number of hydrazone groups is 1. The predicted octanol–water partition coefficient (Wildman–Crippen LogP) is 5.09. The van der Waals surface area contributed by atoms with Gasteiger partial charge in [-0.05, 0) is 24.3 Å². The number of halogens is 3. The number of hydrogen-bond acceptors (Lipinski definition) is 2. The molecule has 0 saturated heterocycles. The maximum atomic E-state index is 6.04. The van der Waals surface area contributed by atoms with Crippen LogP contribution in [0, 0.1) is 0 Å². The van der Waals surface area contributed by atoms with Gasteiger partial charge in [0.15, 0.2) is 0 Å². The average Bonchev–Trinajstić information content (AvgIpc) is 2.39. The minimum absolute atomic E-state index is 0.391. The second-order valence-electron chi connectivity index (χ2n) is 3.49. The smallest absolute Gasteiger partial charge is 0.0695 e. The standard InChI is InChI=1S/C13H9Cl3N2/c14-11-6-7-12(15)13(16)10(11)8-17-18-9-4-2-1-3-5-9/h1-8,18H. The van der Waals surface area contributed by atoms with Gasteiger partial charge in [-0.2, -0.15) is 5.10 Å². The molecule has 0 bridgehead atoms. The summed E-state index contributed by atoms with van der Waals surface area (Å²) >= 11 is 18.0. The SMILES string of the molecule is Clc1ccc(Cl)c(C=NNc2ccccc2)c1Cl. The fraction of sp³-hybridized carbons (Fsp3) is 0. The van der Waals surface area contributed by atoms with Gasteiger partial charge in [-0.3, -0.25) is 5.43 Å². The fourth-order valence-corrected chi connectivity index (χ4v) is 1.98. The zero-order chi connectivity index (χ0) is 13.0. The highest BCUT2D eigenvalue weighted by Gasteiger charge is 2.07. The van der Waals surface area contributed by atoms with Crippen LogP contribution in [0.3, 0.4) is 0 Å². The van der Waals surface area contributed by atoms with Crippen LogP contribution in [0.2, 0.25) is 15.1 Å². The lowest BCUT2D eigenvalue weighted by Crippen LogP contribution is -1.92. The highest BCUT2D eigenvalue weighted by Crippen LogP contribution is 2.30. The summed E-state index contributed by atoms with van der Waals surface area (Å²) < 4.78 is 0. The summed E-state index contributed by atoms with van der Waals surface area (Å²) in [7, 11) is 0. The van der Waals surface area contributed by atoms with E-state index in [0.717, 1.165) is 5.69 Å². The van der Waals surface area contributed by atoms with E-state index >= 15 is 0 Å². The molecule has 0 saturated carbocycles. The van der Waals surface area contributed by atoms with Gasteiger partial charge in [0.05, 0.1) is 27.0 Å². The molecule has 0 fully saturated rings. The lowest BCUT2D eigenvalue weighted by atomic mass is 10.2. The highest BCUT2D eigenvalue weighted by atomic mass is 35.5. The second-order valence-corrected chi connectivity index (χ2v) is 4.69. The molecule has 1 N–H and O–H groups in total. The van der Waals surface area contributed by atoms with Gasteiger partial charge < -0.3 is 0 Å². The lowest BCUT2D eigenvalue weighted by Gasteiger charge is -2.03. The van der Waals surface area contributed by atoms with Crippen molar-refractivity contribution in [2.75, 3.05) is 5.43 Å². The van der Waals surface area contributed by atoms with Crippen molar-refractivity contribution in [3.63, 3.8) is 0 Å². The molecule has 0 aromatic heterocycles. The molecule has 0 unspecified atom stereocenters. The zero-order valence-corrected chi connectivity index (χ0v) is 11.5. The third-order valence-electron chi connectivity index (χ3n) is 2.24. The van der Waals surface area contributed by atoms with Crippen molar-refractivity contribution in [1.29, 1.82) is 0 Å². The van der Waals surface area contributed by atoms with E-state index in [1.165, 1.54) is 0 Å². The van der Waals surface area contributed by atoms with Gasteiger partial charge in [0, 0.05) is 5.56 Å². The van der Waals surface area contributed by atoms with Gasteiger partial charge in [-0.1, -0.05) is 53.0 Å². The van der Waals surface area contributed by atoms with Crippen molar-refractivity contribution < 1.29 is 0 Å². The fourth-order valence-electron chi connectivity index (χ4n) is 1.35. The highest BCUT2D eigenvalue weighted by molar-refractivity contribution is 6.45. The number of para-hydroxylation sites is 1. The molecule has 92 valence electrons. The number of rotatable bonds is 3. The molecule has 0 spiro atoms. The quantitative estimate of drug-likeness (QED) is 0.476. The first kappa shape index (κ1) is 13.2. The van der Waals surface area contributed by atoms with Crippen LogP contribution in [0.4, 0.5) is 5.69 Å². The molecular weight excluding hydrogens is 291 g/mol. The third kappa shape index (κ3) is 3.16. The zero-order valence-electron chi connectivity index (χ0n) is 9.20. The Labute approximate surface area is 120 Å². The summed E-state index contributed by atoms with van der Waals surface area (Å²) in [4.78, 5) is 0. The molecule has 5 heteroatoms. The second kappa shape index (κ2) is 6.10. The van der Waals surface area contributed by atoms with E-state index in [4.69, 9.17) is 34.8 Å². The summed E-state index contributed by atoms with van der Waals surface area (Å²) in [6, 6.07) is 12.9. The van der Waals surface area contributed by atoms with Crippen molar-refractivity contribution in [3.05, 3.63) is 63.1 Å². The van der Waals surface area contributed by atoms with Crippen LogP contribution in [0.25, 0.3) is 0 Å². The molecule has 0 heterocycles. The van der Waals surface area contributed by atoms with Crippen LogP contribution in [-0.2, 0) is 0 Å². The van der Waals surface area contributed by atoms with Crippen LogP contribution in [0.5, 0.6) is 0 Å². The average molecular weight is 300 g/mol. The van der Waals surface area contributed by atoms with Gasteiger partial charge in [-0.25, -0.2) is 0 Å². The summed E-state index contributed by atoms with van der Waals surface area (Å²) in [6.07, 6.45) is 1.55. The van der Waals surface area contributed by atoms with E-state index in [9.17, 15) is 0 Å². The van der Waals surface area contributed by atoms with Crippen molar-refractivity contribution in [1.82, 2.24) is 0 Å². The first-order valence-electron chi connectivity index (χ1n) is 5.16. The van der Waals surface area contributed by atoms with Gasteiger partial charge >= 0.3 is 0 Å². The van der Waals surface area contributed by atoms with E-state index in [1.807, 2.05) is 30.3 Å². The van der Waals surface area contributed by atoms with E-state index in [0.29, 0.717) is 20.6 Å². The normalized spacial score (nSPS) is 10.8. The molecule has 0 amide bonds. The minimum atomic E-state index is 0.391. The van der Waals surface area contributed by atoms with E-state index in [2.05, 4.69) is 10.5 Å². The van der Waals surface area contributed by atoms with Crippen LogP contribution in [0.15, 0.2) is 47.6 Å². The summed E-state index contributed by atoms with van der Waals surface area (Å²) in [5.74, 6) is 0. The maximum absolute atomic E-state index is 6.04. The van der Waals surface area contributed by atoms with Crippen molar-refractivity contribution in [2.24, 2.45) is 5.10 Å². The summed E-state index contributed by atoms with van der Waals surface area (Å²) in [5, 5.41) is 5.41. The Morgan fingerprint density at radius 3 is 2.28 bits per heavy atom. The Morgan fingerprint density at radius 2 is 1.56 bits per heavy atom. The maximum Gasteiger partial charge on any atom is 0.0695 e. The predicted molar refractivity (Wildman–Crippen MR) is 79.1 cm³/mol. The molecule has 0 radical (unpaired) electrons. The monoisotopic (exact) mass is 298 g/mol. The lowest BCUT2D eigenvalue weighted by molar-refractivity contribution is 1.35. The Balaban J connectivity index is 2.17. The molecule has 0 aliphatic rings. The molecular formula is C13H9Cl3N2. The molecule has 2 rings (SSSR count). The Hall–Kier alpha value is -1.22. The molecule has 0 aliphatic heterocycles. The Kier molecular flexibility index (Phi) is 4.48. The number of nitrogens with zero attached hydrogens (tertiary/aromatic N) is 1. The minimum Gasteiger partial charge on any atom is -0.279 e. The Bertz CT molecular complexity index is 568. The van der Waals surface area contributed by atoms with Gasteiger partial charge in [0.25, 0.3) is 0 Å². The number of hydrogen-bond donors (Lipinski definition) is 1. The van der Waals surface area contributed by atoms with Crippen LogP contribution in [0.1, 0.15) is 5.56 Å². The molecule has 2 nitrogen and oxygen atoms in total. The van der Waals surface area contributed by atoms with Crippen LogP contribution < -0.4 is 5.43 Å². The Morgan fingerprint density at radius 1 is 0.889 bits per heavy atom. The summed E-state index contributed by atoms with van der Waals surface area (Å²) in [6.45, 7) is 0. The summed E-state index contributed by atoms with van der Waals surface area (Å²) in [5.41, 5.74) is 4.35. The molecule has 18 heavy (non-hydrogen) atoms. The number of nitrogens with one attached hydrogen (secondary N) is 1. The molecule has 2 aromatic carbocycles. The number of benzene rings is 2. The third-order valence-corrected chi connectivity index (χ3v) is 3.39. The van der Waals surface area contributed by atoms with Crippen LogP contribution >= 0.6 is 34.8 Å². The topological polar surface area (TPSA) is 24.4 Å². The van der Waals surface area contributed by atoms with Crippen molar-refractivity contribution >= 4 is 46.7 Å². The van der Waals surface area contributed by atoms with E-state index in [-0.39, 0.29) is 0 Å².